The van der Waals surface area contributed by atoms with E-state index >= 15 is 0 Å². The minimum Gasteiger partial charge on any atom is -0.283 e. The highest BCUT2D eigenvalue weighted by molar-refractivity contribution is 7.91. The Labute approximate surface area is 223 Å². The van der Waals surface area contributed by atoms with Crippen molar-refractivity contribution in [1.82, 2.24) is 14.3 Å². The molecular weight excluding hydrogens is 536 g/mol. The lowest BCUT2D eigenvalue weighted by Crippen LogP contribution is -2.44. The number of anilines is 1. The largest absolute Gasteiger partial charge is 0.283 e. The van der Waals surface area contributed by atoms with E-state index in [0.717, 1.165) is 38.2 Å². The standard InChI is InChI=1S/C25H25ClN4O3S3/c1-16-12-17(2)23-20(13-16)34-25(28-23)30(15-18-4-3-9-27-14-18)24(31)19-7-10-29(11-8-19)36(32,33)22-6-5-21(26)35-22/h3-6,9,12-14,19H,7-8,10-11,15H2,1-2H3. The molecular formula is C25H25ClN4O3S3. The van der Waals surface area contributed by atoms with Crippen molar-refractivity contribution in [1.29, 1.82) is 0 Å². The predicted octanol–water partition coefficient (Wildman–Crippen LogP) is 5.66. The number of hydrogen-bond donors (Lipinski definition) is 0. The predicted molar refractivity (Wildman–Crippen MR) is 145 cm³/mol. The number of amides is 1. The molecule has 0 atom stereocenters. The minimum absolute atomic E-state index is 0.0384. The molecule has 0 N–H and O–H groups in total. The van der Waals surface area contributed by atoms with Crippen LogP contribution in [0.15, 0.2) is 53.0 Å². The number of thiophene rings is 1. The molecule has 36 heavy (non-hydrogen) atoms. The van der Waals surface area contributed by atoms with Crippen LogP contribution in [0.4, 0.5) is 5.13 Å². The van der Waals surface area contributed by atoms with Crippen LogP contribution in [0, 0.1) is 19.8 Å². The highest BCUT2D eigenvalue weighted by Crippen LogP contribution is 2.35. The first kappa shape index (κ1) is 25.3. The molecule has 0 radical (unpaired) electrons. The number of aromatic nitrogens is 2. The Kier molecular flexibility index (Phi) is 7.15. The quantitative estimate of drug-likeness (QED) is 0.304. The highest BCUT2D eigenvalue weighted by Gasteiger charge is 2.35. The van der Waals surface area contributed by atoms with Gasteiger partial charge in [0.15, 0.2) is 5.13 Å². The number of nitrogens with zero attached hydrogens (tertiary/aromatic N) is 4. The Morgan fingerprint density at radius 3 is 2.61 bits per heavy atom. The zero-order valence-corrected chi connectivity index (χ0v) is 23.1. The van der Waals surface area contributed by atoms with Crippen LogP contribution in [-0.2, 0) is 21.4 Å². The van der Waals surface area contributed by atoms with Crippen LogP contribution in [-0.4, -0.2) is 41.7 Å². The number of hydrogen-bond acceptors (Lipinski definition) is 7. The van der Waals surface area contributed by atoms with Crippen LogP contribution in [0.2, 0.25) is 4.34 Å². The number of thiazole rings is 1. The number of benzene rings is 1. The average Bonchev–Trinajstić information content (AvgIpc) is 3.50. The fourth-order valence-electron chi connectivity index (χ4n) is 4.52. The van der Waals surface area contributed by atoms with E-state index in [-0.39, 0.29) is 29.1 Å². The van der Waals surface area contributed by atoms with Crippen molar-refractivity contribution in [3.05, 3.63) is 69.8 Å². The van der Waals surface area contributed by atoms with Crippen LogP contribution in [0.1, 0.15) is 29.5 Å². The summed E-state index contributed by atoms with van der Waals surface area (Å²) < 4.78 is 29.2. The van der Waals surface area contributed by atoms with Gasteiger partial charge in [0.2, 0.25) is 5.91 Å². The molecule has 0 aliphatic carbocycles. The molecule has 11 heteroatoms. The lowest BCUT2D eigenvalue weighted by atomic mass is 9.96. The minimum atomic E-state index is -3.61. The van der Waals surface area contributed by atoms with Crippen molar-refractivity contribution in [2.75, 3.05) is 18.0 Å². The Balaban J connectivity index is 1.39. The normalized spacial score (nSPS) is 15.4. The first-order valence-electron chi connectivity index (χ1n) is 11.6. The molecule has 0 saturated carbocycles. The van der Waals surface area contributed by atoms with Crippen LogP contribution in [0.3, 0.4) is 0 Å². The van der Waals surface area contributed by atoms with Gasteiger partial charge in [0.25, 0.3) is 10.0 Å². The number of aryl methyl sites for hydroxylation is 2. The fourth-order valence-corrected chi connectivity index (χ4v) is 8.77. The van der Waals surface area contributed by atoms with E-state index in [1.165, 1.54) is 21.7 Å². The number of piperidine rings is 1. The molecule has 1 fully saturated rings. The van der Waals surface area contributed by atoms with E-state index < -0.39 is 10.0 Å². The summed E-state index contributed by atoms with van der Waals surface area (Å²) in [7, 11) is -3.61. The van der Waals surface area contributed by atoms with E-state index in [0.29, 0.717) is 28.9 Å². The summed E-state index contributed by atoms with van der Waals surface area (Å²) in [6.45, 7) is 5.01. The topological polar surface area (TPSA) is 83.5 Å². The van der Waals surface area contributed by atoms with Crippen LogP contribution in [0.5, 0.6) is 0 Å². The molecule has 7 nitrogen and oxygen atoms in total. The van der Waals surface area contributed by atoms with Gasteiger partial charge in [-0.05, 0) is 67.6 Å². The molecule has 0 unspecified atom stereocenters. The Morgan fingerprint density at radius 2 is 1.94 bits per heavy atom. The van der Waals surface area contributed by atoms with Crippen molar-refractivity contribution in [3.8, 4) is 0 Å². The highest BCUT2D eigenvalue weighted by atomic mass is 35.5. The first-order chi connectivity index (χ1) is 17.2. The third-order valence-corrected chi connectivity index (χ3v) is 10.9. The van der Waals surface area contributed by atoms with E-state index in [4.69, 9.17) is 16.6 Å². The number of carbonyl (C=O) groups is 1. The Hall–Kier alpha value is -2.37. The third-order valence-electron chi connectivity index (χ3n) is 6.32. The zero-order valence-electron chi connectivity index (χ0n) is 19.8. The van der Waals surface area contributed by atoms with E-state index in [2.05, 4.69) is 24.0 Å². The molecule has 1 saturated heterocycles. The first-order valence-corrected chi connectivity index (χ1v) is 15.0. The summed E-state index contributed by atoms with van der Waals surface area (Å²) in [4.78, 5) is 24.6. The number of carbonyl (C=O) groups excluding carboxylic acids is 1. The molecule has 5 rings (SSSR count). The van der Waals surface area contributed by atoms with E-state index in [9.17, 15) is 13.2 Å². The van der Waals surface area contributed by atoms with Gasteiger partial charge in [-0.25, -0.2) is 13.4 Å². The maximum absolute atomic E-state index is 13.9. The van der Waals surface area contributed by atoms with Crippen molar-refractivity contribution in [2.24, 2.45) is 5.92 Å². The second-order valence-corrected chi connectivity index (χ2v) is 13.8. The van der Waals surface area contributed by atoms with Gasteiger partial charge in [-0.2, -0.15) is 4.31 Å². The van der Waals surface area contributed by atoms with Gasteiger partial charge in [-0.15, -0.1) is 11.3 Å². The van der Waals surface area contributed by atoms with Gasteiger partial charge in [0.1, 0.15) is 4.21 Å². The number of fused-ring (bicyclic) bond motifs is 1. The summed E-state index contributed by atoms with van der Waals surface area (Å²) >= 11 is 8.51. The summed E-state index contributed by atoms with van der Waals surface area (Å²) in [6.07, 6.45) is 4.36. The van der Waals surface area contributed by atoms with Crippen LogP contribution in [0.25, 0.3) is 10.2 Å². The molecule has 1 aliphatic heterocycles. The summed E-state index contributed by atoms with van der Waals surface area (Å²) in [5.74, 6) is -0.335. The second-order valence-electron chi connectivity index (χ2n) is 8.95. The number of rotatable bonds is 6. The van der Waals surface area contributed by atoms with Crippen molar-refractivity contribution < 1.29 is 13.2 Å². The zero-order chi connectivity index (χ0) is 25.4. The molecule has 188 valence electrons. The maximum Gasteiger partial charge on any atom is 0.252 e. The smallest absolute Gasteiger partial charge is 0.252 e. The fraction of sp³-hybridized carbons (Fsp3) is 0.320. The van der Waals surface area contributed by atoms with Gasteiger partial charge >= 0.3 is 0 Å². The van der Waals surface area contributed by atoms with Gasteiger partial charge < -0.3 is 0 Å². The Bertz CT molecular complexity index is 1510. The van der Waals surface area contributed by atoms with Crippen LogP contribution < -0.4 is 4.90 Å². The van der Waals surface area contributed by atoms with E-state index in [1.54, 1.807) is 23.4 Å². The molecule has 4 aromatic rings. The summed E-state index contributed by atoms with van der Waals surface area (Å²) in [6, 6.07) is 11.1. The molecule has 1 amide bonds. The average molecular weight is 561 g/mol. The van der Waals surface area contributed by atoms with Crippen molar-refractivity contribution >= 4 is 65.6 Å². The lowest BCUT2D eigenvalue weighted by Gasteiger charge is -2.32. The van der Waals surface area contributed by atoms with E-state index in [1.807, 2.05) is 19.1 Å². The summed E-state index contributed by atoms with van der Waals surface area (Å²) in [5, 5.41) is 0.649. The van der Waals surface area contributed by atoms with Gasteiger partial charge in [-0.3, -0.25) is 14.7 Å². The summed E-state index contributed by atoms with van der Waals surface area (Å²) in [5.41, 5.74) is 4.04. The van der Waals surface area contributed by atoms with Crippen molar-refractivity contribution in [2.45, 2.75) is 37.4 Å². The maximum atomic E-state index is 13.9. The molecule has 1 aliphatic rings. The monoisotopic (exact) mass is 560 g/mol. The van der Waals surface area contributed by atoms with Crippen LogP contribution >= 0.6 is 34.3 Å². The third kappa shape index (κ3) is 5.05. The van der Waals surface area contributed by atoms with Gasteiger partial charge in [0, 0.05) is 31.4 Å². The number of sulfonamides is 1. The molecule has 0 spiro atoms. The molecule has 3 aromatic heterocycles. The second kappa shape index (κ2) is 10.2. The van der Waals surface area contributed by atoms with Gasteiger partial charge in [-0.1, -0.05) is 35.1 Å². The molecule has 4 heterocycles. The van der Waals surface area contributed by atoms with Gasteiger partial charge in [0.05, 0.1) is 21.1 Å². The van der Waals surface area contributed by atoms with Crippen molar-refractivity contribution in [3.63, 3.8) is 0 Å². The SMILES string of the molecule is Cc1cc(C)c2nc(N(Cc3cccnc3)C(=O)C3CCN(S(=O)(=O)c4ccc(Cl)s4)CC3)sc2c1. The Morgan fingerprint density at radius 1 is 1.17 bits per heavy atom. The number of halogens is 1. The molecule has 1 aromatic carbocycles. The molecule has 0 bridgehead atoms. The lowest BCUT2D eigenvalue weighted by molar-refractivity contribution is -0.123. The number of pyridine rings is 1.